The third-order valence-corrected chi connectivity index (χ3v) is 4.98. The molecule has 1 amide bonds. The van der Waals surface area contributed by atoms with E-state index in [1.54, 1.807) is 24.0 Å². The van der Waals surface area contributed by atoms with E-state index >= 15 is 0 Å². The molecular weight excluding hydrogens is 338 g/mol. The maximum atomic E-state index is 12.5. The van der Waals surface area contributed by atoms with Crippen LogP contribution in [0, 0.1) is 0 Å². The number of carbonyl (C=O) groups excluding carboxylic acids is 1. The molecule has 23 heavy (non-hydrogen) atoms. The second kappa shape index (κ2) is 5.86. The van der Waals surface area contributed by atoms with E-state index in [2.05, 4.69) is 0 Å². The summed E-state index contributed by atoms with van der Waals surface area (Å²) < 4.78 is 28.6. The SMILES string of the molecule is CCOc1cc(N2Cc3ccccc3C2=O)ccc1S(=O)(=O)Cl. The number of halogens is 1. The Balaban J connectivity index is 2.02. The predicted molar refractivity (Wildman–Crippen MR) is 87.6 cm³/mol. The molecular formula is C16H14ClNO4S. The van der Waals surface area contributed by atoms with Gasteiger partial charge in [-0.3, -0.25) is 4.79 Å². The van der Waals surface area contributed by atoms with Gasteiger partial charge in [0.2, 0.25) is 0 Å². The summed E-state index contributed by atoms with van der Waals surface area (Å²) in [5, 5.41) is 0. The van der Waals surface area contributed by atoms with E-state index in [-0.39, 0.29) is 23.2 Å². The van der Waals surface area contributed by atoms with Crippen LogP contribution in [0.1, 0.15) is 22.8 Å². The van der Waals surface area contributed by atoms with Gasteiger partial charge in [-0.2, -0.15) is 0 Å². The Morgan fingerprint density at radius 2 is 1.96 bits per heavy atom. The van der Waals surface area contributed by atoms with Crippen molar-refractivity contribution in [2.75, 3.05) is 11.5 Å². The molecule has 0 aromatic heterocycles. The molecule has 120 valence electrons. The van der Waals surface area contributed by atoms with Crippen LogP contribution in [0.4, 0.5) is 5.69 Å². The fourth-order valence-electron chi connectivity index (χ4n) is 2.60. The van der Waals surface area contributed by atoms with Crippen LogP contribution in [-0.2, 0) is 15.6 Å². The number of benzene rings is 2. The summed E-state index contributed by atoms with van der Waals surface area (Å²) in [6.45, 7) is 2.47. The van der Waals surface area contributed by atoms with Crippen LogP contribution in [0.5, 0.6) is 5.75 Å². The molecule has 0 saturated heterocycles. The Morgan fingerprint density at radius 1 is 1.22 bits per heavy atom. The Hall–Kier alpha value is -2.05. The summed E-state index contributed by atoms with van der Waals surface area (Å²) in [6, 6.07) is 11.8. The maximum Gasteiger partial charge on any atom is 0.264 e. The first-order chi connectivity index (χ1) is 10.9. The van der Waals surface area contributed by atoms with E-state index < -0.39 is 9.05 Å². The third kappa shape index (κ3) is 2.92. The van der Waals surface area contributed by atoms with Crippen molar-refractivity contribution >= 4 is 31.3 Å². The van der Waals surface area contributed by atoms with E-state index in [1.807, 2.05) is 18.2 Å². The minimum atomic E-state index is -3.92. The number of carbonyl (C=O) groups is 1. The first-order valence-electron chi connectivity index (χ1n) is 7.03. The highest BCUT2D eigenvalue weighted by molar-refractivity contribution is 8.13. The normalized spacial score (nSPS) is 14.0. The van der Waals surface area contributed by atoms with Gasteiger partial charge in [0.05, 0.1) is 13.2 Å². The molecule has 1 heterocycles. The second-order valence-electron chi connectivity index (χ2n) is 5.05. The van der Waals surface area contributed by atoms with Crippen molar-refractivity contribution in [1.29, 1.82) is 0 Å². The number of ether oxygens (including phenoxy) is 1. The minimum absolute atomic E-state index is 0.103. The van der Waals surface area contributed by atoms with Gasteiger partial charge in [0.15, 0.2) is 0 Å². The molecule has 0 atom stereocenters. The van der Waals surface area contributed by atoms with E-state index in [0.717, 1.165) is 5.56 Å². The fraction of sp³-hybridized carbons (Fsp3) is 0.188. The number of anilines is 1. The Kier molecular flexibility index (Phi) is 4.04. The van der Waals surface area contributed by atoms with Crippen molar-refractivity contribution in [2.45, 2.75) is 18.4 Å². The zero-order chi connectivity index (χ0) is 16.6. The molecule has 5 nitrogen and oxygen atoms in total. The van der Waals surface area contributed by atoms with Gasteiger partial charge in [0.1, 0.15) is 10.6 Å². The lowest BCUT2D eigenvalue weighted by molar-refractivity contribution is 0.0996. The number of rotatable bonds is 4. The highest BCUT2D eigenvalue weighted by Crippen LogP contribution is 2.34. The third-order valence-electron chi connectivity index (χ3n) is 3.62. The molecule has 0 bridgehead atoms. The number of hydrogen-bond acceptors (Lipinski definition) is 4. The summed E-state index contributed by atoms with van der Waals surface area (Å²) in [6.07, 6.45) is 0. The van der Waals surface area contributed by atoms with Gasteiger partial charge in [-0.15, -0.1) is 0 Å². The lowest BCUT2D eigenvalue weighted by atomic mass is 10.1. The van der Waals surface area contributed by atoms with Gasteiger partial charge < -0.3 is 9.64 Å². The molecule has 3 rings (SSSR count). The first-order valence-corrected chi connectivity index (χ1v) is 9.34. The molecule has 0 fully saturated rings. The largest absolute Gasteiger partial charge is 0.492 e. The zero-order valence-electron chi connectivity index (χ0n) is 12.3. The number of nitrogens with zero attached hydrogens (tertiary/aromatic N) is 1. The van der Waals surface area contributed by atoms with Crippen molar-refractivity contribution in [2.24, 2.45) is 0 Å². The molecule has 2 aromatic rings. The van der Waals surface area contributed by atoms with Gasteiger partial charge in [-0.05, 0) is 30.7 Å². The van der Waals surface area contributed by atoms with Crippen LogP contribution in [0.3, 0.4) is 0 Å². The monoisotopic (exact) mass is 351 g/mol. The number of hydrogen-bond donors (Lipinski definition) is 0. The number of fused-ring (bicyclic) bond motifs is 1. The molecule has 7 heteroatoms. The van der Waals surface area contributed by atoms with E-state index in [0.29, 0.717) is 17.8 Å². The molecule has 0 spiro atoms. The van der Waals surface area contributed by atoms with E-state index in [9.17, 15) is 13.2 Å². The predicted octanol–water partition coefficient (Wildman–Crippen LogP) is 3.17. The van der Waals surface area contributed by atoms with E-state index in [1.165, 1.54) is 12.1 Å². The van der Waals surface area contributed by atoms with Crippen LogP contribution in [-0.4, -0.2) is 20.9 Å². The highest BCUT2D eigenvalue weighted by atomic mass is 35.7. The topological polar surface area (TPSA) is 63.7 Å². The minimum Gasteiger partial charge on any atom is -0.492 e. The van der Waals surface area contributed by atoms with Crippen LogP contribution in [0.25, 0.3) is 0 Å². The van der Waals surface area contributed by atoms with Gasteiger partial charge >= 0.3 is 0 Å². The summed E-state index contributed by atoms with van der Waals surface area (Å²) in [7, 11) is 1.51. The lowest BCUT2D eigenvalue weighted by Crippen LogP contribution is -2.23. The highest BCUT2D eigenvalue weighted by Gasteiger charge is 2.29. The summed E-state index contributed by atoms with van der Waals surface area (Å²) >= 11 is 0. The van der Waals surface area contributed by atoms with Gasteiger partial charge in [0, 0.05) is 28.0 Å². The summed E-state index contributed by atoms with van der Waals surface area (Å²) in [4.78, 5) is 14.0. The molecule has 0 radical (unpaired) electrons. The van der Waals surface area contributed by atoms with Crippen molar-refractivity contribution in [3.63, 3.8) is 0 Å². The van der Waals surface area contributed by atoms with Crippen molar-refractivity contribution < 1.29 is 17.9 Å². The van der Waals surface area contributed by atoms with E-state index in [4.69, 9.17) is 15.4 Å². The smallest absolute Gasteiger partial charge is 0.264 e. The average molecular weight is 352 g/mol. The van der Waals surface area contributed by atoms with Crippen LogP contribution in [0.15, 0.2) is 47.4 Å². The molecule has 1 aliphatic rings. The molecule has 2 aromatic carbocycles. The lowest BCUT2D eigenvalue weighted by Gasteiger charge is -2.18. The Labute approximate surface area is 138 Å². The van der Waals surface area contributed by atoms with Crippen molar-refractivity contribution in [3.8, 4) is 5.75 Å². The molecule has 0 unspecified atom stereocenters. The zero-order valence-corrected chi connectivity index (χ0v) is 13.9. The molecule has 1 aliphatic heterocycles. The first kappa shape index (κ1) is 15.8. The number of amides is 1. The van der Waals surface area contributed by atoms with Gasteiger partial charge in [-0.25, -0.2) is 8.42 Å². The Bertz CT molecular complexity index is 879. The van der Waals surface area contributed by atoms with Crippen molar-refractivity contribution in [1.82, 2.24) is 0 Å². The van der Waals surface area contributed by atoms with Crippen LogP contribution < -0.4 is 9.64 Å². The molecule has 0 N–H and O–H groups in total. The standard InChI is InChI=1S/C16H14ClNO4S/c1-2-22-14-9-12(7-8-15(14)23(17,20)21)18-10-11-5-3-4-6-13(11)16(18)19/h3-9H,2,10H2,1H3. The Morgan fingerprint density at radius 3 is 2.61 bits per heavy atom. The molecule has 0 saturated carbocycles. The quantitative estimate of drug-likeness (QED) is 0.794. The average Bonchev–Trinajstić information content (AvgIpc) is 2.84. The maximum absolute atomic E-state index is 12.5. The van der Waals surface area contributed by atoms with Crippen LogP contribution >= 0.6 is 10.7 Å². The fourth-order valence-corrected chi connectivity index (χ4v) is 3.57. The molecule has 0 aliphatic carbocycles. The van der Waals surface area contributed by atoms with Gasteiger partial charge in [0.25, 0.3) is 15.0 Å². The second-order valence-corrected chi connectivity index (χ2v) is 7.58. The van der Waals surface area contributed by atoms with Gasteiger partial charge in [-0.1, -0.05) is 18.2 Å². The van der Waals surface area contributed by atoms with Crippen molar-refractivity contribution in [3.05, 3.63) is 53.6 Å². The summed E-state index contributed by atoms with van der Waals surface area (Å²) in [5.74, 6) is 0.0216. The van der Waals surface area contributed by atoms with Crippen LogP contribution in [0.2, 0.25) is 0 Å². The summed E-state index contributed by atoms with van der Waals surface area (Å²) in [5.41, 5.74) is 2.16.